The van der Waals surface area contributed by atoms with Crippen molar-refractivity contribution < 1.29 is 4.79 Å². The molecule has 2 atom stereocenters. The summed E-state index contributed by atoms with van der Waals surface area (Å²) < 4.78 is 0. The SMILES string of the molecule is CCCCNC(=O)N1CCC2CCCCC21. The van der Waals surface area contributed by atoms with Crippen LogP contribution in [0.25, 0.3) is 0 Å². The maximum Gasteiger partial charge on any atom is 0.317 e. The van der Waals surface area contributed by atoms with Gasteiger partial charge < -0.3 is 10.2 Å². The molecular weight excluding hydrogens is 200 g/mol. The molecule has 0 bridgehead atoms. The molecule has 1 saturated heterocycles. The van der Waals surface area contributed by atoms with Crippen LogP contribution in [0.5, 0.6) is 0 Å². The highest BCUT2D eigenvalue weighted by molar-refractivity contribution is 5.74. The first kappa shape index (κ1) is 11.7. The minimum absolute atomic E-state index is 0.183. The summed E-state index contributed by atoms with van der Waals surface area (Å²) in [6.45, 7) is 3.97. The number of urea groups is 1. The van der Waals surface area contributed by atoms with E-state index in [2.05, 4.69) is 17.1 Å². The second kappa shape index (κ2) is 5.55. The van der Waals surface area contributed by atoms with E-state index in [-0.39, 0.29) is 6.03 Å². The van der Waals surface area contributed by atoms with Crippen molar-refractivity contribution in [1.82, 2.24) is 10.2 Å². The minimum Gasteiger partial charge on any atom is -0.338 e. The average molecular weight is 224 g/mol. The second-order valence-corrected chi connectivity index (χ2v) is 5.18. The van der Waals surface area contributed by atoms with Gasteiger partial charge in [-0.05, 0) is 31.6 Å². The van der Waals surface area contributed by atoms with Crippen LogP contribution in [0.15, 0.2) is 0 Å². The predicted octanol–water partition coefficient (Wildman–Crippen LogP) is 2.76. The van der Waals surface area contributed by atoms with Crippen LogP contribution in [0.2, 0.25) is 0 Å². The van der Waals surface area contributed by atoms with E-state index in [1.807, 2.05) is 0 Å². The largest absolute Gasteiger partial charge is 0.338 e. The Bertz CT molecular complexity index is 242. The van der Waals surface area contributed by atoms with Crippen molar-refractivity contribution >= 4 is 6.03 Å². The van der Waals surface area contributed by atoms with Gasteiger partial charge in [-0.25, -0.2) is 4.79 Å². The third-order valence-electron chi connectivity index (χ3n) is 4.08. The summed E-state index contributed by atoms with van der Waals surface area (Å²) >= 11 is 0. The second-order valence-electron chi connectivity index (χ2n) is 5.18. The molecule has 0 aromatic rings. The highest BCUT2D eigenvalue weighted by Gasteiger charge is 2.37. The predicted molar refractivity (Wildman–Crippen MR) is 65.4 cm³/mol. The molecule has 1 N–H and O–H groups in total. The molecule has 1 saturated carbocycles. The molecule has 1 aliphatic carbocycles. The van der Waals surface area contributed by atoms with Crippen molar-refractivity contribution in [2.75, 3.05) is 13.1 Å². The molecular formula is C13H24N2O. The number of nitrogens with one attached hydrogen (secondary N) is 1. The first-order chi connectivity index (χ1) is 7.83. The third kappa shape index (κ3) is 2.50. The summed E-state index contributed by atoms with van der Waals surface area (Å²) in [5.74, 6) is 0.797. The number of hydrogen-bond acceptors (Lipinski definition) is 1. The summed E-state index contributed by atoms with van der Waals surface area (Å²) in [5, 5.41) is 3.05. The Morgan fingerprint density at radius 2 is 2.12 bits per heavy atom. The standard InChI is InChI=1S/C13H24N2O/c1-2-3-9-14-13(16)15-10-8-11-6-4-5-7-12(11)15/h11-12H,2-10H2,1H3,(H,14,16). The van der Waals surface area contributed by atoms with Crippen LogP contribution in [0, 0.1) is 5.92 Å². The van der Waals surface area contributed by atoms with E-state index < -0.39 is 0 Å². The number of likely N-dealkylation sites (tertiary alicyclic amines) is 1. The van der Waals surface area contributed by atoms with Gasteiger partial charge in [-0.2, -0.15) is 0 Å². The molecule has 1 heterocycles. The van der Waals surface area contributed by atoms with E-state index in [0.717, 1.165) is 31.8 Å². The van der Waals surface area contributed by atoms with Crippen LogP contribution in [0.3, 0.4) is 0 Å². The van der Waals surface area contributed by atoms with Crippen molar-refractivity contribution in [2.24, 2.45) is 5.92 Å². The van der Waals surface area contributed by atoms with E-state index in [1.165, 1.54) is 32.1 Å². The smallest absolute Gasteiger partial charge is 0.317 e. The molecule has 2 rings (SSSR count). The highest BCUT2D eigenvalue weighted by Crippen LogP contribution is 2.35. The molecule has 2 amide bonds. The van der Waals surface area contributed by atoms with Gasteiger partial charge in [0.2, 0.25) is 0 Å². The van der Waals surface area contributed by atoms with Crippen LogP contribution < -0.4 is 5.32 Å². The molecule has 2 fully saturated rings. The van der Waals surface area contributed by atoms with Gasteiger partial charge in [0.25, 0.3) is 0 Å². The molecule has 92 valence electrons. The summed E-state index contributed by atoms with van der Waals surface area (Å²) in [7, 11) is 0. The summed E-state index contributed by atoms with van der Waals surface area (Å²) in [6.07, 6.45) is 8.70. The number of carbonyl (C=O) groups excluding carboxylic acids is 1. The van der Waals surface area contributed by atoms with Crippen LogP contribution in [0.4, 0.5) is 4.79 Å². The molecule has 2 unspecified atom stereocenters. The number of hydrogen-bond donors (Lipinski definition) is 1. The van der Waals surface area contributed by atoms with Crippen molar-refractivity contribution in [2.45, 2.75) is 57.9 Å². The Morgan fingerprint density at radius 3 is 2.94 bits per heavy atom. The lowest BCUT2D eigenvalue weighted by atomic mass is 9.85. The van der Waals surface area contributed by atoms with Crippen molar-refractivity contribution in [3.63, 3.8) is 0 Å². The first-order valence-corrected chi connectivity index (χ1v) is 6.87. The van der Waals surface area contributed by atoms with E-state index in [0.29, 0.717) is 6.04 Å². The van der Waals surface area contributed by atoms with Gasteiger partial charge in [0.1, 0.15) is 0 Å². The van der Waals surface area contributed by atoms with E-state index in [1.54, 1.807) is 0 Å². The van der Waals surface area contributed by atoms with Gasteiger partial charge in [0, 0.05) is 19.1 Å². The number of rotatable bonds is 3. The molecule has 0 aromatic carbocycles. The van der Waals surface area contributed by atoms with Gasteiger partial charge in [-0.3, -0.25) is 0 Å². The zero-order valence-electron chi connectivity index (χ0n) is 10.4. The number of fused-ring (bicyclic) bond motifs is 1. The van der Waals surface area contributed by atoms with E-state index >= 15 is 0 Å². The average Bonchev–Trinajstić information content (AvgIpc) is 2.73. The van der Waals surface area contributed by atoms with Gasteiger partial charge in [-0.1, -0.05) is 26.2 Å². The number of amides is 2. The molecule has 3 heteroatoms. The maximum absolute atomic E-state index is 12.0. The van der Waals surface area contributed by atoms with Crippen LogP contribution >= 0.6 is 0 Å². The molecule has 0 radical (unpaired) electrons. The molecule has 0 aromatic heterocycles. The van der Waals surface area contributed by atoms with Gasteiger partial charge in [-0.15, -0.1) is 0 Å². The molecule has 16 heavy (non-hydrogen) atoms. The Hall–Kier alpha value is -0.730. The summed E-state index contributed by atoms with van der Waals surface area (Å²) in [6, 6.07) is 0.734. The van der Waals surface area contributed by atoms with Gasteiger partial charge >= 0.3 is 6.03 Å². The van der Waals surface area contributed by atoms with Crippen LogP contribution in [-0.4, -0.2) is 30.1 Å². The lowest BCUT2D eigenvalue weighted by Gasteiger charge is -2.31. The fraction of sp³-hybridized carbons (Fsp3) is 0.923. The molecule has 1 aliphatic heterocycles. The quantitative estimate of drug-likeness (QED) is 0.735. The maximum atomic E-state index is 12.0. The minimum atomic E-state index is 0.183. The zero-order valence-corrected chi connectivity index (χ0v) is 10.4. The topological polar surface area (TPSA) is 32.3 Å². The van der Waals surface area contributed by atoms with Gasteiger partial charge in [0.05, 0.1) is 0 Å². The van der Waals surface area contributed by atoms with Crippen LogP contribution in [-0.2, 0) is 0 Å². The lowest BCUT2D eigenvalue weighted by Crippen LogP contribution is -2.45. The van der Waals surface area contributed by atoms with E-state index in [9.17, 15) is 4.79 Å². The Morgan fingerprint density at radius 1 is 1.31 bits per heavy atom. The highest BCUT2D eigenvalue weighted by atomic mass is 16.2. The third-order valence-corrected chi connectivity index (χ3v) is 4.08. The van der Waals surface area contributed by atoms with Crippen molar-refractivity contribution in [3.05, 3.63) is 0 Å². The first-order valence-electron chi connectivity index (χ1n) is 6.87. The number of carbonyl (C=O) groups is 1. The summed E-state index contributed by atoms with van der Waals surface area (Å²) in [4.78, 5) is 14.1. The molecule has 0 spiro atoms. The fourth-order valence-corrected chi connectivity index (χ4v) is 3.13. The van der Waals surface area contributed by atoms with Crippen LogP contribution in [0.1, 0.15) is 51.9 Å². The summed E-state index contributed by atoms with van der Waals surface area (Å²) in [5.41, 5.74) is 0. The Labute approximate surface area is 98.6 Å². The number of unbranched alkanes of at least 4 members (excludes halogenated alkanes) is 1. The monoisotopic (exact) mass is 224 g/mol. The van der Waals surface area contributed by atoms with Crippen molar-refractivity contribution in [1.29, 1.82) is 0 Å². The number of nitrogens with zero attached hydrogens (tertiary/aromatic N) is 1. The lowest BCUT2D eigenvalue weighted by molar-refractivity contribution is 0.170. The Balaban J connectivity index is 1.82. The molecule has 2 aliphatic rings. The Kier molecular flexibility index (Phi) is 4.08. The van der Waals surface area contributed by atoms with Crippen molar-refractivity contribution in [3.8, 4) is 0 Å². The zero-order chi connectivity index (χ0) is 11.4. The fourth-order valence-electron chi connectivity index (χ4n) is 3.13. The van der Waals surface area contributed by atoms with E-state index in [4.69, 9.17) is 0 Å². The van der Waals surface area contributed by atoms with Gasteiger partial charge in [0.15, 0.2) is 0 Å². The molecule has 3 nitrogen and oxygen atoms in total. The normalized spacial score (nSPS) is 28.9.